The van der Waals surface area contributed by atoms with Gasteiger partial charge < -0.3 is 15.4 Å². The number of hydrogen-bond acceptors (Lipinski definition) is 7. The molecule has 36 heavy (non-hydrogen) atoms. The molecule has 9 heteroatoms. The first kappa shape index (κ1) is 23.6. The van der Waals surface area contributed by atoms with E-state index in [2.05, 4.69) is 22.2 Å². The van der Waals surface area contributed by atoms with Gasteiger partial charge in [-0.2, -0.15) is 0 Å². The second-order valence-corrected chi connectivity index (χ2v) is 9.33. The number of Topliss-reactive ketones (excluding diaryl/α,β-unsaturated/α-hetero) is 1. The maximum absolute atomic E-state index is 12.9. The maximum atomic E-state index is 12.9. The van der Waals surface area contributed by atoms with Gasteiger partial charge >= 0.3 is 0 Å². The van der Waals surface area contributed by atoms with Gasteiger partial charge in [-0.05, 0) is 19.4 Å². The van der Waals surface area contributed by atoms with Crippen molar-refractivity contribution in [3.63, 3.8) is 0 Å². The third-order valence-electron chi connectivity index (χ3n) is 7.01. The molecule has 2 fully saturated rings. The van der Waals surface area contributed by atoms with Crippen LogP contribution in [0.3, 0.4) is 0 Å². The number of nitro benzene ring substituents is 1. The zero-order valence-electron chi connectivity index (χ0n) is 19.8. The lowest BCUT2D eigenvalue weighted by molar-refractivity contribution is -0.384. The van der Waals surface area contributed by atoms with Gasteiger partial charge in [-0.25, -0.2) is 4.98 Å². The number of carbonyl (C=O) groups excluding carboxylic acids is 2. The number of hydrogen-bond donors (Lipinski definition) is 2. The topological polar surface area (TPSA) is 123 Å². The zero-order valence-corrected chi connectivity index (χ0v) is 19.8. The molecule has 3 aromatic rings. The molecule has 1 aromatic heterocycles. The van der Waals surface area contributed by atoms with Crippen LogP contribution >= 0.6 is 0 Å². The molecule has 4 atom stereocenters. The summed E-state index contributed by atoms with van der Waals surface area (Å²) in [5, 5.41) is 18.0. The molecule has 1 saturated carbocycles. The predicted molar refractivity (Wildman–Crippen MR) is 135 cm³/mol. The molecule has 2 heterocycles. The summed E-state index contributed by atoms with van der Waals surface area (Å²) in [5.41, 5.74) is 1.23. The highest BCUT2D eigenvalue weighted by atomic mass is 16.6. The van der Waals surface area contributed by atoms with Gasteiger partial charge in [-0.3, -0.25) is 19.7 Å². The third-order valence-corrected chi connectivity index (χ3v) is 7.01. The molecule has 1 aliphatic carbocycles. The van der Waals surface area contributed by atoms with Crippen LogP contribution in [0.2, 0.25) is 0 Å². The Hall–Kier alpha value is -4.11. The highest BCUT2D eigenvalue weighted by Crippen LogP contribution is 2.45. The van der Waals surface area contributed by atoms with Gasteiger partial charge in [0.15, 0.2) is 5.78 Å². The lowest BCUT2D eigenvalue weighted by atomic mass is 10.1. The van der Waals surface area contributed by atoms with E-state index in [1.54, 1.807) is 18.2 Å². The van der Waals surface area contributed by atoms with Gasteiger partial charge in [-0.15, -0.1) is 6.58 Å². The second kappa shape index (κ2) is 9.16. The Morgan fingerprint density at radius 2 is 2.03 bits per heavy atom. The Bertz CT molecular complexity index is 1380. The fraction of sp³-hybridized carbons (Fsp3) is 0.296. The van der Waals surface area contributed by atoms with Crippen LogP contribution in [0.5, 0.6) is 5.75 Å². The number of pyridine rings is 1. The normalized spacial score (nSPS) is 24.8. The zero-order chi connectivity index (χ0) is 25.4. The van der Waals surface area contributed by atoms with Crippen LogP contribution in [0.4, 0.5) is 5.69 Å². The molecule has 2 aliphatic rings. The molecular formula is C27H26N4O5. The number of fused-ring (bicyclic) bond motifs is 1. The summed E-state index contributed by atoms with van der Waals surface area (Å²) in [7, 11) is 0. The van der Waals surface area contributed by atoms with Gasteiger partial charge in [0.2, 0.25) is 5.91 Å². The highest BCUT2D eigenvalue weighted by molar-refractivity contribution is 5.96. The summed E-state index contributed by atoms with van der Waals surface area (Å²) in [6.07, 6.45) is 2.30. The molecule has 2 aromatic carbocycles. The molecule has 4 unspecified atom stereocenters. The van der Waals surface area contributed by atoms with E-state index in [9.17, 15) is 19.7 Å². The summed E-state index contributed by atoms with van der Waals surface area (Å²) in [6.45, 7) is 5.64. The van der Waals surface area contributed by atoms with E-state index in [0.29, 0.717) is 41.7 Å². The van der Waals surface area contributed by atoms with Crippen molar-refractivity contribution in [3.8, 4) is 17.0 Å². The molecule has 0 spiro atoms. The minimum absolute atomic E-state index is 0.0530. The van der Waals surface area contributed by atoms with Crippen LogP contribution in [0.1, 0.15) is 19.8 Å². The van der Waals surface area contributed by atoms with Gasteiger partial charge in [0.25, 0.3) is 5.69 Å². The van der Waals surface area contributed by atoms with Crippen molar-refractivity contribution >= 4 is 28.3 Å². The lowest BCUT2D eigenvalue weighted by Gasteiger charge is -2.19. The fourth-order valence-electron chi connectivity index (χ4n) is 4.84. The van der Waals surface area contributed by atoms with E-state index in [-0.39, 0.29) is 29.4 Å². The minimum Gasteiger partial charge on any atom is -0.488 e. The molecule has 0 radical (unpaired) electrons. The number of nitrogens with one attached hydrogen (secondary N) is 2. The molecule has 1 aliphatic heterocycles. The largest absolute Gasteiger partial charge is 0.488 e. The van der Waals surface area contributed by atoms with Crippen LogP contribution in [-0.4, -0.2) is 45.8 Å². The van der Waals surface area contributed by atoms with Gasteiger partial charge in [0.1, 0.15) is 17.4 Å². The SMILES string of the molecule is C=CC1CC1(NC(=O)C1CC(Oc2cc(-c3ccccc3)nc3ccc([N+](=O)[O-])cc23)CN1)C(C)=O. The predicted octanol–water partition coefficient (Wildman–Crippen LogP) is 3.57. The number of carbonyl (C=O) groups is 2. The molecule has 5 rings (SSSR count). The number of aromatic nitrogens is 1. The minimum atomic E-state index is -0.857. The van der Waals surface area contributed by atoms with Gasteiger partial charge in [0, 0.05) is 48.0 Å². The number of amides is 1. The van der Waals surface area contributed by atoms with E-state index in [0.717, 1.165) is 5.56 Å². The highest BCUT2D eigenvalue weighted by Gasteiger charge is 2.58. The number of nitro groups is 1. The Labute approximate surface area is 207 Å². The summed E-state index contributed by atoms with van der Waals surface area (Å²) >= 11 is 0. The van der Waals surface area contributed by atoms with Crippen LogP contribution in [-0.2, 0) is 9.59 Å². The average molecular weight is 487 g/mol. The maximum Gasteiger partial charge on any atom is 0.270 e. The van der Waals surface area contributed by atoms with Crippen molar-refractivity contribution in [2.24, 2.45) is 5.92 Å². The average Bonchev–Trinajstić information content (AvgIpc) is 3.40. The number of benzene rings is 2. The quantitative estimate of drug-likeness (QED) is 0.283. The fourth-order valence-corrected chi connectivity index (χ4v) is 4.84. The second-order valence-electron chi connectivity index (χ2n) is 9.33. The Morgan fingerprint density at radius 1 is 1.25 bits per heavy atom. The van der Waals surface area contributed by atoms with Crippen LogP contribution in [0.25, 0.3) is 22.2 Å². The summed E-state index contributed by atoms with van der Waals surface area (Å²) in [4.78, 5) is 40.7. The van der Waals surface area contributed by atoms with Crippen LogP contribution < -0.4 is 15.4 Å². The van der Waals surface area contributed by atoms with E-state index in [4.69, 9.17) is 4.74 Å². The number of rotatable bonds is 8. The summed E-state index contributed by atoms with van der Waals surface area (Å²) in [6, 6.07) is 15.3. The molecular weight excluding hydrogens is 460 g/mol. The molecule has 184 valence electrons. The van der Waals surface area contributed by atoms with Crippen LogP contribution in [0, 0.1) is 16.0 Å². The van der Waals surface area contributed by atoms with E-state index in [1.165, 1.54) is 19.1 Å². The van der Waals surface area contributed by atoms with E-state index in [1.807, 2.05) is 30.3 Å². The Balaban J connectivity index is 1.39. The molecule has 2 N–H and O–H groups in total. The van der Waals surface area contributed by atoms with Crippen molar-refractivity contribution in [3.05, 3.63) is 77.4 Å². The van der Waals surface area contributed by atoms with Crippen molar-refractivity contribution < 1.29 is 19.2 Å². The number of nitrogens with zero attached hydrogens (tertiary/aromatic N) is 2. The van der Waals surface area contributed by atoms with Crippen molar-refractivity contribution in [1.29, 1.82) is 0 Å². The lowest BCUT2D eigenvalue weighted by Crippen LogP contribution is -2.50. The van der Waals surface area contributed by atoms with Crippen LogP contribution in [0.15, 0.2) is 67.3 Å². The first-order valence-electron chi connectivity index (χ1n) is 11.8. The first-order chi connectivity index (χ1) is 17.3. The number of non-ortho nitro benzene ring substituents is 1. The van der Waals surface area contributed by atoms with Crippen molar-refractivity contribution in [2.45, 2.75) is 37.5 Å². The van der Waals surface area contributed by atoms with Crippen molar-refractivity contribution in [2.75, 3.05) is 6.54 Å². The number of ketones is 1. The summed E-state index contributed by atoms with van der Waals surface area (Å²) < 4.78 is 6.31. The smallest absolute Gasteiger partial charge is 0.270 e. The Kier molecular flexibility index (Phi) is 6.01. The standard InChI is InChI=1S/C27H26N4O5/c1-3-18-14-27(18,16(2)32)30-26(33)24-12-20(15-28-24)36-25-13-23(17-7-5-4-6-8-17)29-22-10-9-19(31(34)35)11-21(22)25/h3-11,13,18,20,24,28H,1,12,14-15H2,2H3,(H,30,33). The number of ether oxygens (including phenoxy) is 1. The molecule has 0 bridgehead atoms. The molecule has 1 saturated heterocycles. The molecule has 9 nitrogen and oxygen atoms in total. The van der Waals surface area contributed by atoms with E-state index < -0.39 is 16.5 Å². The summed E-state index contributed by atoms with van der Waals surface area (Å²) in [5.74, 6) is 0.0815. The third kappa shape index (κ3) is 4.33. The molecule has 1 amide bonds. The Morgan fingerprint density at radius 3 is 2.69 bits per heavy atom. The van der Waals surface area contributed by atoms with Crippen molar-refractivity contribution in [1.82, 2.24) is 15.6 Å². The monoisotopic (exact) mass is 486 g/mol. The van der Waals surface area contributed by atoms with Gasteiger partial charge in [-0.1, -0.05) is 36.4 Å². The first-order valence-corrected chi connectivity index (χ1v) is 11.8. The van der Waals surface area contributed by atoms with Gasteiger partial charge in [0.05, 0.1) is 22.2 Å². The van der Waals surface area contributed by atoms with E-state index >= 15 is 0 Å².